The Labute approximate surface area is 49.3 Å². The van der Waals surface area contributed by atoms with E-state index in [0.29, 0.717) is 0 Å². The van der Waals surface area contributed by atoms with Crippen molar-refractivity contribution in [1.29, 1.82) is 0 Å². The molecule has 0 unspecified atom stereocenters. The maximum absolute atomic E-state index is 9.71. The molecule has 5 heteroatoms. The topological polar surface area (TPSA) is 34.1 Å². The van der Waals surface area contributed by atoms with Crippen LogP contribution >= 0.6 is 0 Å². The van der Waals surface area contributed by atoms with E-state index in [4.69, 9.17) is 0 Å². The van der Waals surface area contributed by atoms with Gasteiger partial charge in [0.2, 0.25) is 0 Å². The number of hydrogen-bond acceptors (Lipinski definition) is 2. The molecule has 0 spiro atoms. The second-order valence-electron chi connectivity index (χ2n) is 0.830. The second kappa shape index (κ2) is 2.86. The molecule has 6 heavy (non-hydrogen) atoms. The van der Waals surface area contributed by atoms with Crippen LogP contribution in [0.5, 0.6) is 0 Å². The van der Waals surface area contributed by atoms with Gasteiger partial charge in [0, 0.05) is 4.70 Å². The van der Waals surface area contributed by atoms with E-state index in [9.17, 15) is 8.42 Å². The van der Waals surface area contributed by atoms with E-state index in [0.717, 1.165) is 0 Å². The van der Waals surface area contributed by atoms with Crippen LogP contribution in [0.4, 0.5) is 4.70 Å². The van der Waals surface area contributed by atoms with E-state index >= 15 is 0 Å². The van der Waals surface area contributed by atoms with Gasteiger partial charge in [0.1, 0.15) is 0 Å². The van der Waals surface area contributed by atoms with E-state index < -0.39 is 6.59 Å². The number of rotatable bonds is 0. The van der Waals surface area contributed by atoms with Crippen molar-refractivity contribution in [3.63, 3.8) is 0 Å². The van der Waals surface area contributed by atoms with Crippen molar-refractivity contribution in [3.05, 3.63) is 0 Å². The second-order valence-corrected chi connectivity index (χ2v) is 12.5. The molecule has 0 aliphatic heterocycles. The Morgan fingerprint density at radius 2 is 1.50 bits per heavy atom. The summed E-state index contributed by atoms with van der Waals surface area (Å²) in [4.78, 5) is 0. The summed E-state index contributed by atoms with van der Waals surface area (Å²) < 4.78 is 19.4. The van der Waals surface area contributed by atoms with Crippen LogP contribution in [0.2, 0.25) is 0 Å². The molecule has 2 nitrogen and oxygen atoms in total. The van der Waals surface area contributed by atoms with Crippen molar-refractivity contribution in [2.24, 2.45) is 0 Å². The summed E-state index contributed by atoms with van der Waals surface area (Å²) in [7, 11) is 0. The summed E-state index contributed by atoms with van der Waals surface area (Å²) in [6.45, 7) is -2.50. The van der Waals surface area contributed by atoms with Crippen molar-refractivity contribution in [3.8, 4) is 0 Å². The largest absolute Gasteiger partial charge is 0 e. The molecule has 0 aromatic carbocycles. The van der Waals surface area contributed by atoms with Crippen LogP contribution in [0.25, 0.3) is 0 Å². The minimum absolute atomic E-state index is 0. The van der Waals surface area contributed by atoms with E-state index in [2.05, 4.69) is 0 Å². The van der Waals surface area contributed by atoms with Gasteiger partial charge in [-0.15, -0.1) is 0 Å². The summed E-state index contributed by atoms with van der Waals surface area (Å²) in [5.41, 5.74) is 0. The molecule has 0 aromatic heterocycles. The summed E-state index contributed by atoms with van der Waals surface area (Å²) in [6.07, 6.45) is 1.23. The maximum Gasteiger partial charge on any atom is 0 e. The Morgan fingerprint density at radius 1 is 1.50 bits per heavy atom. The first-order valence-electron chi connectivity index (χ1n) is 0.977. The van der Waals surface area contributed by atoms with Crippen LogP contribution in [-0.2, 0) is 6.59 Å². The fraction of sp³-hybridized carbons (Fsp3) is 1.00. The third kappa shape index (κ3) is 116. The Hall–Kier alpha value is 0.763. The van der Waals surface area contributed by atoms with Gasteiger partial charge in [-0.1, -0.05) is 0 Å². The molecule has 0 heterocycles. The standard InChI is InChI=1S/CH3O2S.Bi.F.2H/c1-4(2)3;;;;/h1H3;;;;. The molecule has 0 rings (SSSR count). The predicted octanol–water partition coefficient (Wildman–Crippen LogP) is -1.00. The van der Waals surface area contributed by atoms with Crippen molar-refractivity contribution in [2.75, 3.05) is 6.26 Å². The van der Waals surface area contributed by atoms with E-state index in [1.54, 1.807) is 0 Å². The fourth-order valence-electron chi connectivity index (χ4n) is 0. The van der Waals surface area contributed by atoms with Crippen molar-refractivity contribution >= 4 is 29.8 Å². The van der Waals surface area contributed by atoms with Gasteiger partial charge in [0.15, 0.2) is 0 Å². The quantitative estimate of drug-likeness (QED) is 0.538. The van der Waals surface area contributed by atoms with E-state index in [1.807, 2.05) is 0 Å². The molecule has 0 aromatic rings. The Morgan fingerprint density at radius 3 is 1.50 bits per heavy atom. The summed E-state index contributed by atoms with van der Waals surface area (Å²) in [6, 6.07) is 0. The third-order valence-electron chi connectivity index (χ3n) is 0. The molecule has 0 bridgehead atoms. The molecule has 0 amide bonds. The SMILES string of the molecule is C[S](=O)(=O)[BiH2].[F]. The molecular formula is CH5BiFO2S. The van der Waals surface area contributed by atoms with Crippen LogP contribution in [0.15, 0.2) is 0 Å². The zero-order chi connectivity index (χ0) is 4.50. The minimum atomic E-state index is -2.50. The first kappa shape index (κ1) is 9.90. The normalized spacial score (nSPS) is 9.67. The first-order chi connectivity index (χ1) is 2.00. The predicted molar refractivity (Wildman–Crippen MR) is 24.5 cm³/mol. The molecule has 0 aliphatic rings. The smallest absolute Gasteiger partial charge is 0 e. The Balaban J connectivity index is 0. The van der Waals surface area contributed by atoms with Crippen molar-refractivity contribution in [1.82, 2.24) is 0 Å². The molecule has 1 radical (unpaired) electrons. The molecule has 0 aliphatic carbocycles. The number of halogens is 1. The van der Waals surface area contributed by atoms with Crippen LogP contribution in [0, 0.1) is 0 Å². The average molecular weight is 309 g/mol. The molecule has 39 valence electrons. The first-order valence-corrected chi connectivity index (χ1v) is 8.43. The maximum atomic E-state index is 9.71. The number of hydrogen-bond donors (Lipinski definition) is 0. The van der Waals surface area contributed by atoms with Crippen LogP contribution < -0.4 is 0 Å². The van der Waals surface area contributed by atoms with Gasteiger partial charge in [-0.3, -0.25) is 0 Å². The van der Waals surface area contributed by atoms with Crippen molar-refractivity contribution < 1.29 is 13.1 Å². The monoisotopic (exact) mass is 309 g/mol. The summed E-state index contributed by atoms with van der Waals surface area (Å²) in [5, 5.41) is 0. The fourth-order valence-corrected chi connectivity index (χ4v) is 0. The van der Waals surface area contributed by atoms with Crippen LogP contribution in [0.1, 0.15) is 0 Å². The van der Waals surface area contributed by atoms with Gasteiger partial charge in [-0.05, 0) is 0 Å². The molecule has 0 saturated heterocycles. The van der Waals surface area contributed by atoms with Gasteiger partial charge in [-0.2, -0.15) is 0 Å². The van der Waals surface area contributed by atoms with Crippen LogP contribution in [-0.4, -0.2) is 37.9 Å². The van der Waals surface area contributed by atoms with Crippen molar-refractivity contribution in [2.45, 2.75) is 0 Å². The van der Waals surface area contributed by atoms with Gasteiger partial charge < -0.3 is 0 Å². The molecular weight excluding hydrogens is 304 g/mol. The molecule has 0 saturated carbocycles. The van der Waals surface area contributed by atoms with Gasteiger partial charge in [-0.25, -0.2) is 0 Å². The van der Waals surface area contributed by atoms with Gasteiger partial charge >= 0.3 is 44.5 Å². The zero-order valence-corrected chi connectivity index (χ0v) is 8.49. The molecule has 0 fully saturated rings. The van der Waals surface area contributed by atoms with Gasteiger partial charge in [0.25, 0.3) is 0 Å². The minimum Gasteiger partial charge on any atom is 0 e. The Bertz CT molecular complexity index is 96.7. The Kier molecular flexibility index (Phi) is 4.72. The third-order valence-corrected chi connectivity index (χ3v) is 0. The summed E-state index contributed by atoms with van der Waals surface area (Å²) in [5.74, 6) is 0. The average Bonchev–Trinajstić information content (AvgIpc) is 0.722. The van der Waals surface area contributed by atoms with E-state index in [-0.39, 0.29) is 28.0 Å². The van der Waals surface area contributed by atoms with Gasteiger partial charge in [0.05, 0.1) is 0 Å². The summed E-state index contributed by atoms with van der Waals surface area (Å²) >= 11 is 0.104. The molecule has 0 atom stereocenters. The van der Waals surface area contributed by atoms with Crippen LogP contribution in [0.3, 0.4) is 0 Å². The zero-order valence-electron chi connectivity index (χ0n) is 3.18. The van der Waals surface area contributed by atoms with E-state index in [1.165, 1.54) is 6.26 Å². The molecule has 0 N–H and O–H groups in total.